The lowest BCUT2D eigenvalue weighted by molar-refractivity contribution is 0.295. The fraction of sp³-hybridized carbons (Fsp3) is 0.522. The van der Waals surface area contributed by atoms with Gasteiger partial charge in [-0.3, -0.25) is 4.90 Å². The second-order valence-electron chi connectivity index (χ2n) is 7.42. The number of aromatic nitrogens is 2. The molecule has 2 heterocycles. The minimum Gasteiger partial charge on any atom is -0.357 e. The highest BCUT2D eigenvalue weighted by Crippen LogP contribution is 2.14. The van der Waals surface area contributed by atoms with E-state index in [4.69, 9.17) is 4.99 Å². The minimum absolute atomic E-state index is 0. The molecule has 8 heteroatoms. The fourth-order valence-electron chi connectivity index (χ4n) is 3.71. The summed E-state index contributed by atoms with van der Waals surface area (Å²) in [5.41, 5.74) is 2.67. The molecule has 0 atom stereocenters. The zero-order valence-electron chi connectivity index (χ0n) is 19.0. The molecule has 1 aromatic carbocycles. The highest BCUT2D eigenvalue weighted by molar-refractivity contribution is 14.0. The summed E-state index contributed by atoms with van der Waals surface area (Å²) in [4.78, 5) is 20.8. The molecule has 0 aliphatic carbocycles. The van der Waals surface area contributed by atoms with Crippen LogP contribution in [-0.4, -0.2) is 71.5 Å². The van der Waals surface area contributed by atoms with E-state index < -0.39 is 0 Å². The third-order valence-corrected chi connectivity index (χ3v) is 5.56. The maximum absolute atomic E-state index is 4.99. The Morgan fingerprint density at radius 1 is 0.968 bits per heavy atom. The monoisotopic (exact) mass is 537 g/mol. The van der Waals surface area contributed by atoms with Crippen LogP contribution in [0.5, 0.6) is 0 Å². The van der Waals surface area contributed by atoms with Crippen molar-refractivity contribution in [2.75, 3.05) is 50.7 Å². The zero-order chi connectivity index (χ0) is 21.2. The molecular weight excluding hydrogens is 501 g/mol. The molecule has 0 radical (unpaired) electrons. The molecule has 170 valence electrons. The van der Waals surface area contributed by atoms with Crippen molar-refractivity contribution in [3.63, 3.8) is 0 Å². The number of guanidine groups is 1. The van der Waals surface area contributed by atoms with Gasteiger partial charge < -0.3 is 15.1 Å². The van der Waals surface area contributed by atoms with E-state index in [0.717, 1.165) is 64.3 Å². The molecule has 31 heavy (non-hydrogen) atoms. The zero-order valence-corrected chi connectivity index (χ0v) is 21.3. The van der Waals surface area contributed by atoms with Gasteiger partial charge in [0.15, 0.2) is 5.96 Å². The maximum atomic E-state index is 4.99. The normalized spacial score (nSPS) is 14.5. The SMILES string of the molecule is CCNC(=NCc1ccccc1CN(CC)CC)N1CCN(c2ncccn2)CC1.I. The molecule has 1 N–H and O–H groups in total. The van der Waals surface area contributed by atoms with E-state index in [9.17, 15) is 0 Å². The van der Waals surface area contributed by atoms with Crippen molar-refractivity contribution in [3.8, 4) is 0 Å². The van der Waals surface area contributed by atoms with Crippen LogP contribution in [0.3, 0.4) is 0 Å². The lowest BCUT2D eigenvalue weighted by Gasteiger charge is -2.36. The third-order valence-electron chi connectivity index (χ3n) is 5.56. The van der Waals surface area contributed by atoms with Crippen LogP contribution in [-0.2, 0) is 13.1 Å². The van der Waals surface area contributed by atoms with Crippen LogP contribution in [0, 0.1) is 0 Å². The number of hydrogen-bond donors (Lipinski definition) is 1. The topological polar surface area (TPSA) is 59.9 Å². The Kier molecular flexibility index (Phi) is 11.0. The average molecular weight is 537 g/mol. The summed E-state index contributed by atoms with van der Waals surface area (Å²) >= 11 is 0. The van der Waals surface area contributed by atoms with E-state index in [1.165, 1.54) is 11.1 Å². The number of piperazine rings is 1. The van der Waals surface area contributed by atoms with E-state index in [1.54, 1.807) is 12.4 Å². The Morgan fingerprint density at radius 3 is 2.23 bits per heavy atom. The number of halogens is 1. The van der Waals surface area contributed by atoms with Crippen molar-refractivity contribution in [1.29, 1.82) is 0 Å². The molecule has 1 aromatic heterocycles. The Balaban J connectivity index is 0.00000341. The molecule has 1 fully saturated rings. The molecule has 7 nitrogen and oxygen atoms in total. The number of aliphatic imine (C=N–C) groups is 1. The van der Waals surface area contributed by atoms with E-state index in [2.05, 4.69) is 75.0 Å². The van der Waals surface area contributed by atoms with Crippen LogP contribution < -0.4 is 10.2 Å². The van der Waals surface area contributed by atoms with Gasteiger partial charge in [0, 0.05) is 51.7 Å². The highest BCUT2D eigenvalue weighted by Gasteiger charge is 2.21. The van der Waals surface area contributed by atoms with Gasteiger partial charge in [-0.15, -0.1) is 24.0 Å². The quantitative estimate of drug-likeness (QED) is 0.317. The largest absolute Gasteiger partial charge is 0.357 e. The van der Waals surface area contributed by atoms with E-state index >= 15 is 0 Å². The predicted octanol–water partition coefficient (Wildman–Crippen LogP) is 3.22. The summed E-state index contributed by atoms with van der Waals surface area (Å²) in [5, 5.41) is 3.48. The molecule has 1 aliphatic rings. The van der Waals surface area contributed by atoms with Crippen LogP contribution in [0.2, 0.25) is 0 Å². The van der Waals surface area contributed by atoms with Crippen molar-refractivity contribution in [2.24, 2.45) is 4.99 Å². The lowest BCUT2D eigenvalue weighted by atomic mass is 10.1. The van der Waals surface area contributed by atoms with Crippen LogP contribution in [0.4, 0.5) is 5.95 Å². The molecule has 1 aliphatic heterocycles. The van der Waals surface area contributed by atoms with Crippen LogP contribution in [0.1, 0.15) is 31.9 Å². The number of benzene rings is 1. The second-order valence-corrected chi connectivity index (χ2v) is 7.42. The van der Waals surface area contributed by atoms with Crippen molar-refractivity contribution >= 4 is 35.9 Å². The summed E-state index contributed by atoms with van der Waals surface area (Å²) in [6.45, 7) is 14.8. The molecule has 0 amide bonds. The van der Waals surface area contributed by atoms with E-state index in [-0.39, 0.29) is 24.0 Å². The fourth-order valence-corrected chi connectivity index (χ4v) is 3.71. The Labute approximate surface area is 204 Å². The molecule has 2 aromatic rings. The molecular formula is C23H36IN7. The van der Waals surface area contributed by atoms with Gasteiger partial charge in [-0.1, -0.05) is 38.1 Å². The predicted molar refractivity (Wildman–Crippen MR) is 139 cm³/mol. The first-order chi connectivity index (χ1) is 14.7. The first kappa shape index (κ1) is 25.3. The van der Waals surface area contributed by atoms with Gasteiger partial charge in [-0.05, 0) is 37.2 Å². The summed E-state index contributed by atoms with van der Waals surface area (Å²) in [5.74, 6) is 1.80. The van der Waals surface area contributed by atoms with E-state index in [0.29, 0.717) is 6.54 Å². The molecule has 0 unspecified atom stereocenters. The Morgan fingerprint density at radius 2 is 1.61 bits per heavy atom. The molecule has 1 saturated heterocycles. The van der Waals surface area contributed by atoms with Crippen LogP contribution in [0.25, 0.3) is 0 Å². The molecule has 0 bridgehead atoms. The lowest BCUT2D eigenvalue weighted by Crippen LogP contribution is -2.53. The van der Waals surface area contributed by atoms with Gasteiger partial charge in [0.2, 0.25) is 5.95 Å². The maximum Gasteiger partial charge on any atom is 0.225 e. The van der Waals surface area contributed by atoms with Gasteiger partial charge in [0.25, 0.3) is 0 Å². The summed E-state index contributed by atoms with van der Waals surface area (Å²) in [6, 6.07) is 10.5. The van der Waals surface area contributed by atoms with Crippen LogP contribution in [0.15, 0.2) is 47.7 Å². The summed E-state index contributed by atoms with van der Waals surface area (Å²) in [7, 11) is 0. The molecule has 0 saturated carbocycles. The number of hydrogen-bond acceptors (Lipinski definition) is 5. The highest BCUT2D eigenvalue weighted by atomic mass is 127. The van der Waals surface area contributed by atoms with E-state index in [1.807, 2.05) is 6.07 Å². The van der Waals surface area contributed by atoms with Gasteiger partial charge in [0.05, 0.1) is 6.54 Å². The van der Waals surface area contributed by atoms with Gasteiger partial charge in [-0.2, -0.15) is 0 Å². The van der Waals surface area contributed by atoms with Gasteiger partial charge in [-0.25, -0.2) is 15.0 Å². The van der Waals surface area contributed by atoms with Gasteiger partial charge >= 0.3 is 0 Å². The Bertz CT molecular complexity index is 788. The standard InChI is InChI=1S/C23H35N7.HI/c1-4-24-22(29-14-16-30(17-15-29)23-25-12-9-13-26-23)27-18-20-10-7-8-11-21(20)19-28(5-2)6-3;/h7-13H,4-6,14-19H2,1-3H3,(H,24,27);1H. The van der Waals surface area contributed by atoms with Crippen LogP contribution >= 0.6 is 24.0 Å². The number of anilines is 1. The summed E-state index contributed by atoms with van der Waals surface area (Å²) < 4.78 is 0. The Hall–Kier alpha value is -1.94. The molecule has 0 spiro atoms. The van der Waals surface area contributed by atoms with Gasteiger partial charge in [0.1, 0.15) is 0 Å². The van der Waals surface area contributed by atoms with Crippen molar-refractivity contribution in [3.05, 3.63) is 53.9 Å². The second kappa shape index (κ2) is 13.5. The summed E-state index contributed by atoms with van der Waals surface area (Å²) in [6.07, 6.45) is 3.60. The first-order valence-corrected chi connectivity index (χ1v) is 11.1. The average Bonchev–Trinajstić information content (AvgIpc) is 2.81. The number of nitrogens with one attached hydrogen (secondary N) is 1. The number of nitrogens with zero attached hydrogens (tertiary/aromatic N) is 6. The number of rotatable bonds is 8. The third kappa shape index (κ3) is 7.31. The molecule has 3 rings (SSSR count). The van der Waals surface area contributed by atoms with Crippen molar-refractivity contribution in [1.82, 2.24) is 25.1 Å². The van der Waals surface area contributed by atoms with Crippen molar-refractivity contribution < 1.29 is 0 Å². The smallest absolute Gasteiger partial charge is 0.225 e. The minimum atomic E-state index is 0. The first-order valence-electron chi connectivity index (χ1n) is 11.1. The van der Waals surface area contributed by atoms with Crippen molar-refractivity contribution in [2.45, 2.75) is 33.9 Å².